The topological polar surface area (TPSA) is 22.0 Å². The van der Waals surface area contributed by atoms with Crippen molar-refractivity contribution in [3.63, 3.8) is 0 Å². The summed E-state index contributed by atoms with van der Waals surface area (Å²) >= 11 is 0. The Balaban J connectivity index is 2.08. The number of allylic oxidation sites excluding steroid dienone is 2. The van der Waals surface area contributed by atoms with Gasteiger partial charge in [-0.25, -0.2) is 0 Å². The van der Waals surface area contributed by atoms with Crippen LogP contribution in [0.15, 0.2) is 53.9 Å². The molecule has 0 aliphatic heterocycles. The van der Waals surface area contributed by atoms with Crippen LogP contribution in [0.2, 0.25) is 0 Å². The summed E-state index contributed by atoms with van der Waals surface area (Å²) in [4.78, 5) is 12.3. The van der Waals surface area contributed by atoms with E-state index >= 15 is 0 Å². The molecule has 0 N–H and O–H groups in total. The molecular formula is C22H29NO. The van der Waals surface area contributed by atoms with Gasteiger partial charge in [0.05, 0.1) is 5.52 Å². The molecule has 2 aromatic rings. The molecule has 2 heteroatoms. The second-order valence-electron chi connectivity index (χ2n) is 6.31. The SMILES string of the molecule is C=CCn1c(/C=C/CCCCCCCC)cc(=O)c2ccccc21. The highest BCUT2D eigenvalue weighted by Gasteiger charge is 2.05. The molecule has 128 valence electrons. The van der Waals surface area contributed by atoms with Crippen LogP contribution in [0.3, 0.4) is 0 Å². The number of aromatic nitrogens is 1. The Morgan fingerprint density at radius 1 is 1.08 bits per heavy atom. The fraction of sp³-hybridized carbons (Fsp3) is 0.409. The maximum Gasteiger partial charge on any atom is 0.190 e. The number of fused-ring (bicyclic) bond motifs is 1. The maximum atomic E-state index is 12.3. The first-order valence-corrected chi connectivity index (χ1v) is 9.18. The number of hydrogen-bond donors (Lipinski definition) is 0. The molecule has 2 rings (SSSR count). The number of nitrogens with zero attached hydrogens (tertiary/aromatic N) is 1. The lowest BCUT2D eigenvalue weighted by molar-refractivity contribution is 0.611. The van der Waals surface area contributed by atoms with E-state index in [2.05, 4.69) is 30.2 Å². The van der Waals surface area contributed by atoms with Gasteiger partial charge in [-0.1, -0.05) is 63.3 Å². The molecular weight excluding hydrogens is 294 g/mol. The van der Waals surface area contributed by atoms with Gasteiger partial charge in [-0.3, -0.25) is 4.79 Å². The van der Waals surface area contributed by atoms with E-state index in [0.29, 0.717) is 6.54 Å². The highest BCUT2D eigenvalue weighted by Crippen LogP contribution is 2.15. The van der Waals surface area contributed by atoms with Gasteiger partial charge >= 0.3 is 0 Å². The van der Waals surface area contributed by atoms with Gasteiger partial charge in [0.15, 0.2) is 5.43 Å². The molecule has 0 atom stereocenters. The smallest absolute Gasteiger partial charge is 0.190 e. The third kappa shape index (κ3) is 4.95. The fourth-order valence-corrected chi connectivity index (χ4v) is 3.06. The van der Waals surface area contributed by atoms with Crippen LogP contribution >= 0.6 is 0 Å². The molecule has 0 aliphatic rings. The minimum absolute atomic E-state index is 0.0881. The Hall–Kier alpha value is -2.09. The van der Waals surface area contributed by atoms with Crippen LogP contribution in [-0.2, 0) is 6.54 Å². The van der Waals surface area contributed by atoms with E-state index in [1.165, 1.54) is 38.5 Å². The van der Waals surface area contributed by atoms with Crippen molar-refractivity contribution in [1.82, 2.24) is 4.57 Å². The van der Waals surface area contributed by atoms with E-state index in [9.17, 15) is 4.79 Å². The van der Waals surface area contributed by atoms with Crippen LogP contribution in [0.25, 0.3) is 17.0 Å². The zero-order chi connectivity index (χ0) is 17.2. The van der Waals surface area contributed by atoms with E-state index < -0.39 is 0 Å². The third-order valence-electron chi connectivity index (χ3n) is 4.38. The van der Waals surface area contributed by atoms with Crippen molar-refractivity contribution in [2.45, 2.75) is 58.4 Å². The first kappa shape index (κ1) is 18.3. The van der Waals surface area contributed by atoms with E-state index in [0.717, 1.165) is 23.0 Å². The molecule has 0 saturated carbocycles. The predicted molar refractivity (Wildman–Crippen MR) is 105 cm³/mol. The van der Waals surface area contributed by atoms with Crippen LogP contribution in [0.4, 0.5) is 0 Å². The minimum atomic E-state index is 0.0881. The molecule has 24 heavy (non-hydrogen) atoms. The Bertz CT molecular complexity index is 739. The highest BCUT2D eigenvalue weighted by molar-refractivity contribution is 5.80. The molecule has 0 amide bonds. The molecule has 0 spiro atoms. The van der Waals surface area contributed by atoms with Gasteiger partial charge in [0.2, 0.25) is 0 Å². The normalized spacial score (nSPS) is 11.4. The Labute approximate surface area is 145 Å². The van der Waals surface area contributed by atoms with Gasteiger partial charge in [-0.15, -0.1) is 6.58 Å². The molecule has 1 aromatic carbocycles. The molecule has 0 bridgehead atoms. The third-order valence-corrected chi connectivity index (χ3v) is 4.38. The van der Waals surface area contributed by atoms with Gasteiger partial charge in [0, 0.05) is 23.7 Å². The highest BCUT2D eigenvalue weighted by atomic mass is 16.1. The second-order valence-corrected chi connectivity index (χ2v) is 6.31. The maximum absolute atomic E-state index is 12.3. The summed E-state index contributed by atoms with van der Waals surface area (Å²) in [5.41, 5.74) is 2.03. The molecule has 1 heterocycles. The zero-order valence-electron chi connectivity index (χ0n) is 14.8. The average molecular weight is 323 g/mol. The van der Waals surface area contributed by atoms with Crippen molar-refractivity contribution < 1.29 is 0 Å². The lowest BCUT2D eigenvalue weighted by Crippen LogP contribution is -2.11. The number of benzene rings is 1. The molecule has 0 aliphatic carbocycles. The molecule has 1 aromatic heterocycles. The molecule has 2 nitrogen and oxygen atoms in total. The van der Waals surface area contributed by atoms with E-state index in [1.54, 1.807) is 6.07 Å². The van der Waals surface area contributed by atoms with Crippen LogP contribution in [0, 0.1) is 0 Å². The largest absolute Gasteiger partial charge is 0.337 e. The van der Waals surface area contributed by atoms with Gasteiger partial charge in [0.1, 0.15) is 0 Å². The van der Waals surface area contributed by atoms with Crippen molar-refractivity contribution in [1.29, 1.82) is 0 Å². The van der Waals surface area contributed by atoms with Gasteiger partial charge < -0.3 is 4.57 Å². The molecule has 0 radical (unpaired) electrons. The Morgan fingerprint density at radius 2 is 1.83 bits per heavy atom. The lowest BCUT2D eigenvalue weighted by atomic mass is 10.1. The molecule has 0 unspecified atom stereocenters. The minimum Gasteiger partial charge on any atom is -0.337 e. The van der Waals surface area contributed by atoms with Gasteiger partial charge in [0.25, 0.3) is 0 Å². The molecule has 0 saturated heterocycles. The predicted octanol–water partition coefficient (Wildman–Crippen LogP) is 5.95. The Morgan fingerprint density at radius 3 is 2.62 bits per heavy atom. The van der Waals surface area contributed by atoms with Crippen LogP contribution < -0.4 is 5.43 Å². The summed E-state index contributed by atoms with van der Waals surface area (Å²) < 4.78 is 2.15. The monoisotopic (exact) mass is 323 g/mol. The first-order chi connectivity index (χ1) is 11.8. The van der Waals surface area contributed by atoms with Crippen molar-refractivity contribution in [2.75, 3.05) is 0 Å². The standard InChI is InChI=1S/C22H29NO/c1-3-5-6-7-8-9-10-11-14-19-18-22(24)20-15-12-13-16-21(20)23(19)17-4-2/h4,11-16,18H,2-3,5-10,17H2,1H3/b14-11+. The number of pyridine rings is 1. The number of rotatable bonds is 10. The van der Waals surface area contributed by atoms with Crippen LogP contribution in [0.1, 0.15) is 57.6 Å². The average Bonchev–Trinajstić information content (AvgIpc) is 2.60. The van der Waals surface area contributed by atoms with E-state index in [1.807, 2.05) is 30.3 Å². The summed E-state index contributed by atoms with van der Waals surface area (Å²) in [6.07, 6.45) is 15.1. The second kappa shape index (κ2) is 9.92. The van der Waals surface area contributed by atoms with Gasteiger partial charge in [-0.2, -0.15) is 0 Å². The van der Waals surface area contributed by atoms with E-state index in [4.69, 9.17) is 0 Å². The fourth-order valence-electron chi connectivity index (χ4n) is 3.06. The molecule has 0 fully saturated rings. The summed E-state index contributed by atoms with van der Waals surface area (Å²) in [6.45, 7) is 6.80. The summed E-state index contributed by atoms with van der Waals surface area (Å²) in [7, 11) is 0. The van der Waals surface area contributed by atoms with E-state index in [-0.39, 0.29) is 5.43 Å². The van der Waals surface area contributed by atoms with Crippen molar-refractivity contribution in [2.24, 2.45) is 0 Å². The number of unbranched alkanes of at least 4 members (excludes halogenated alkanes) is 6. The summed E-state index contributed by atoms with van der Waals surface area (Å²) in [6, 6.07) is 9.52. The van der Waals surface area contributed by atoms with Crippen LogP contribution in [-0.4, -0.2) is 4.57 Å². The summed E-state index contributed by atoms with van der Waals surface area (Å²) in [5, 5.41) is 0.771. The van der Waals surface area contributed by atoms with Gasteiger partial charge in [-0.05, 0) is 31.1 Å². The van der Waals surface area contributed by atoms with Crippen molar-refractivity contribution in [3.05, 3.63) is 65.0 Å². The number of para-hydroxylation sites is 1. The quantitative estimate of drug-likeness (QED) is 0.391. The lowest BCUT2D eigenvalue weighted by Gasteiger charge is -2.12. The zero-order valence-corrected chi connectivity index (χ0v) is 14.8. The summed E-state index contributed by atoms with van der Waals surface area (Å²) in [5.74, 6) is 0. The Kier molecular flexibility index (Phi) is 7.54. The number of hydrogen-bond acceptors (Lipinski definition) is 1. The van der Waals surface area contributed by atoms with Crippen molar-refractivity contribution in [3.8, 4) is 0 Å². The van der Waals surface area contributed by atoms with Crippen LogP contribution in [0.5, 0.6) is 0 Å². The van der Waals surface area contributed by atoms with Crippen molar-refractivity contribution >= 4 is 17.0 Å². The first-order valence-electron chi connectivity index (χ1n) is 9.18.